The molecule has 7 nitrogen and oxygen atoms in total. The zero-order valence-corrected chi connectivity index (χ0v) is 16.3. The standard InChI is InChI=1S/C19H33N7/c1-17-5-11-25(12-6-17)18(20-2)21-9-4-10-24-13-15-26(16-14-24)19-22-7-3-8-23-19/h3,7-8,17H,4-6,9-16H2,1-2H3,(H,20,21). The second kappa shape index (κ2) is 9.71. The zero-order valence-electron chi connectivity index (χ0n) is 16.3. The molecule has 2 aliphatic rings. The molecular formula is C19H33N7. The molecule has 0 saturated carbocycles. The molecule has 26 heavy (non-hydrogen) atoms. The van der Waals surface area contributed by atoms with Crippen molar-refractivity contribution in [2.45, 2.75) is 26.2 Å². The Morgan fingerprint density at radius 1 is 1.12 bits per heavy atom. The fourth-order valence-corrected chi connectivity index (χ4v) is 3.68. The minimum absolute atomic E-state index is 0.851. The second-order valence-electron chi connectivity index (χ2n) is 7.37. The van der Waals surface area contributed by atoms with Crippen LogP contribution in [0.1, 0.15) is 26.2 Å². The summed E-state index contributed by atoms with van der Waals surface area (Å²) in [5.41, 5.74) is 0. The monoisotopic (exact) mass is 359 g/mol. The van der Waals surface area contributed by atoms with Crippen LogP contribution in [-0.4, -0.2) is 85.1 Å². The van der Waals surface area contributed by atoms with Gasteiger partial charge in [0.1, 0.15) is 0 Å². The van der Waals surface area contributed by atoms with Gasteiger partial charge >= 0.3 is 0 Å². The maximum absolute atomic E-state index is 4.46. The lowest BCUT2D eigenvalue weighted by molar-refractivity contribution is 0.251. The van der Waals surface area contributed by atoms with Gasteiger partial charge in [0.25, 0.3) is 0 Å². The molecule has 0 bridgehead atoms. The molecule has 0 unspecified atom stereocenters. The van der Waals surface area contributed by atoms with Crippen LogP contribution in [0.15, 0.2) is 23.5 Å². The molecule has 0 aromatic carbocycles. The van der Waals surface area contributed by atoms with Crippen LogP contribution in [0.4, 0.5) is 5.95 Å². The predicted octanol–water partition coefficient (Wildman–Crippen LogP) is 1.30. The molecule has 0 spiro atoms. The number of hydrogen-bond donors (Lipinski definition) is 1. The van der Waals surface area contributed by atoms with Gasteiger partial charge in [0.2, 0.25) is 5.95 Å². The highest BCUT2D eigenvalue weighted by Crippen LogP contribution is 2.15. The van der Waals surface area contributed by atoms with E-state index in [2.05, 4.69) is 41.9 Å². The number of aromatic nitrogens is 2. The van der Waals surface area contributed by atoms with Crippen molar-refractivity contribution >= 4 is 11.9 Å². The molecule has 3 rings (SSSR count). The smallest absolute Gasteiger partial charge is 0.225 e. The van der Waals surface area contributed by atoms with Gasteiger partial charge in [-0.05, 0) is 37.8 Å². The van der Waals surface area contributed by atoms with Crippen molar-refractivity contribution in [2.24, 2.45) is 10.9 Å². The average molecular weight is 360 g/mol. The van der Waals surface area contributed by atoms with E-state index in [9.17, 15) is 0 Å². The quantitative estimate of drug-likeness (QED) is 0.486. The van der Waals surface area contributed by atoms with Crippen molar-refractivity contribution in [3.8, 4) is 0 Å². The van der Waals surface area contributed by atoms with Gasteiger partial charge in [-0.15, -0.1) is 0 Å². The number of nitrogens with one attached hydrogen (secondary N) is 1. The lowest BCUT2D eigenvalue weighted by Gasteiger charge is -2.35. The number of anilines is 1. The molecule has 0 amide bonds. The molecule has 144 valence electrons. The summed E-state index contributed by atoms with van der Waals surface area (Å²) >= 11 is 0. The number of piperazine rings is 1. The van der Waals surface area contributed by atoms with E-state index in [4.69, 9.17) is 0 Å². The first-order valence-corrected chi connectivity index (χ1v) is 9.96. The topological polar surface area (TPSA) is 59.9 Å². The predicted molar refractivity (Wildman–Crippen MR) is 107 cm³/mol. The fraction of sp³-hybridized carbons (Fsp3) is 0.737. The number of aliphatic imine (C=N–C) groups is 1. The molecule has 2 saturated heterocycles. The number of rotatable bonds is 5. The van der Waals surface area contributed by atoms with E-state index < -0.39 is 0 Å². The molecule has 2 fully saturated rings. The van der Waals surface area contributed by atoms with Crippen molar-refractivity contribution < 1.29 is 0 Å². The maximum atomic E-state index is 4.46. The summed E-state index contributed by atoms with van der Waals surface area (Å²) in [7, 11) is 1.89. The Balaban J connectivity index is 1.32. The molecule has 3 heterocycles. The van der Waals surface area contributed by atoms with Crippen molar-refractivity contribution in [2.75, 3.05) is 64.3 Å². The second-order valence-corrected chi connectivity index (χ2v) is 7.37. The summed E-state index contributed by atoms with van der Waals surface area (Å²) in [5.74, 6) is 2.78. The number of nitrogens with zero attached hydrogens (tertiary/aromatic N) is 6. The van der Waals surface area contributed by atoms with Crippen LogP contribution in [0.25, 0.3) is 0 Å². The maximum Gasteiger partial charge on any atom is 0.225 e. The first-order chi connectivity index (χ1) is 12.8. The lowest BCUT2D eigenvalue weighted by Crippen LogP contribution is -2.48. The Bertz CT molecular complexity index is 546. The van der Waals surface area contributed by atoms with Crippen LogP contribution in [0.3, 0.4) is 0 Å². The van der Waals surface area contributed by atoms with E-state index in [0.29, 0.717) is 0 Å². The summed E-state index contributed by atoms with van der Waals surface area (Å²) in [5, 5.41) is 3.55. The van der Waals surface area contributed by atoms with E-state index in [1.54, 1.807) is 0 Å². The summed E-state index contributed by atoms with van der Waals surface area (Å²) < 4.78 is 0. The fourth-order valence-electron chi connectivity index (χ4n) is 3.68. The van der Waals surface area contributed by atoms with Crippen molar-refractivity contribution in [3.05, 3.63) is 18.5 Å². The van der Waals surface area contributed by atoms with Crippen LogP contribution in [-0.2, 0) is 0 Å². The molecule has 0 atom stereocenters. The van der Waals surface area contributed by atoms with Crippen molar-refractivity contribution in [1.82, 2.24) is 25.1 Å². The summed E-state index contributed by atoms with van der Waals surface area (Å²) in [6.45, 7) is 10.9. The van der Waals surface area contributed by atoms with Crippen LogP contribution in [0.5, 0.6) is 0 Å². The van der Waals surface area contributed by atoms with Gasteiger partial charge < -0.3 is 15.1 Å². The molecule has 1 N–H and O–H groups in total. The van der Waals surface area contributed by atoms with E-state index >= 15 is 0 Å². The highest BCUT2D eigenvalue weighted by atomic mass is 15.3. The van der Waals surface area contributed by atoms with E-state index in [1.807, 2.05) is 25.5 Å². The summed E-state index contributed by atoms with van der Waals surface area (Å²) in [4.78, 5) is 20.4. The minimum atomic E-state index is 0.851. The molecule has 1 aromatic heterocycles. The Morgan fingerprint density at radius 2 is 1.81 bits per heavy atom. The summed E-state index contributed by atoms with van der Waals surface area (Å²) in [6.07, 6.45) is 7.32. The van der Waals surface area contributed by atoms with Crippen LogP contribution in [0.2, 0.25) is 0 Å². The molecule has 0 aliphatic carbocycles. The molecule has 1 aromatic rings. The van der Waals surface area contributed by atoms with Gasteiger partial charge in [-0.3, -0.25) is 9.89 Å². The van der Waals surface area contributed by atoms with Crippen molar-refractivity contribution in [3.63, 3.8) is 0 Å². The Labute approximate surface area is 157 Å². The van der Waals surface area contributed by atoms with Crippen LogP contribution in [0, 0.1) is 5.92 Å². The molecule has 7 heteroatoms. The number of guanidine groups is 1. The normalized spacial score (nSPS) is 20.5. The number of likely N-dealkylation sites (tertiary alicyclic amines) is 1. The zero-order chi connectivity index (χ0) is 18.2. The van der Waals surface area contributed by atoms with Crippen LogP contribution < -0.4 is 10.2 Å². The Hall–Kier alpha value is -1.89. The van der Waals surface area contributed by atoms with E-state index in [0.717, 1.165) is 76.6 Å². The average Bonchev–Trinajstić information content (AvgIpc) is 2.70. The highest BCUT2D eigenvalue weighted by Gasteiger charge is 2.19. The highest BCUT2D eigenvalue weighted by molar-refractivity contribution is 5.79. The molecule has 2 aliphatic heterocycles. The third kappa shape index (κ3) is 5.30. The molecular weight excluding hydrogens is 326 g/mol. The van der Waals surface area contributed by atoms with Gasteiger partial charge in [-0.1, -0.05) is 6.92 Å². The van der Waals surface area contributed by atoms with Crippen LogP contribution >= 0.6 is 0 Å². The molecule has 0 radical (unpaired) electrons. The van der Waals surface area contributed by atoms with Gasteiger partial charge in [0, 0.05) is 65.3 Å². The van der Waals surface area contributed by atoms with Gasteiger partial charge in [0.05, 0.1) is 0 Å². The lowest BCUT2D eigenvalue weighted by atomic mass is 10.00. The van der Waals surface area contributed by atoms with Gasteiger partial charge in [-0.25, -0.2) is 9.97 Å². The third-order valence-corrected chi connectivity index (χ3v) is 5.44. The number of piperidine rings is 1. The minimum Gasteiger partial charge on any atom is -0.356 e. The SMILES string of the molecule is CN=C(NCCCN1CCN(c2ncccn2)CC1)N1CCC(C)CC1. The largest absolute Gasteiger partial charge is 0.356 e. The Kier molecular flexibility index (Phi) is 7.05. The Morgan fingerprint density at radius 3 is 2.46 bits per heavy atom. The first kappa shape index (κ1) is 18.9. The van der Waals surface area contributed by atoms with E-state index in [-0.39, 0.29) is 0 Å². The van der Waals surface area contributed by atoms with Crippen molar-refractivity contribution in [1.29, 1.82) is 0 Å². The summed E-state index contributed by atoms with van der Waals surface area (Å²) in [6, 6.07) is 1.87. The number of hydrogen-bond acceptors (Lipinski definition) is 5. The van der Waals surface area contributed by atoms with Gasteiger partial charge in [-0.2, -0.15) is 0 Å². The van der Waals surface area contributed by atoms with Gasteiger partial charge in [0.15, 0.2) is 5.96 Å². The third-order valence-electron chi connectivity index (χ3n) is 5.44. The van der Waals surface area contributed by atoms with E-state index in [1.165, 1.54) is 12.8 Å². The first-order valence-electron chi connectivity index (χ1n) is 9.96.